The SMILES string of the molecule is CCCn1ncc(N2CC[C@@H](Oc3cc(-c4c(C)nn(CC56CC(C#N)(C5)C6)c4C)ccn3)C2)c(Cl)c1=O. The third-order valence-corrected chi connectivity index (χ3v) is 8.80. The number of ether oxygens (including phenoxy) is 1. The second-order valence-corrected chi connectivity index (χ2v) is 11.7. The summed E-state index contributed by atoms with van der Waals surface area (Å²) < 4.78 is 9.82. The van der Waals surface area contributed by atoms with Crippen molar-refractivity contribution in [2.75, 3.05) is 18.0 Å². The van der Waals surface area contributed by atoms with Gasteiger partial charge in [-0.3, -0.25) is 9.48 Å². The first-order chi connectivity index (χ1) is 18.3. The summed E-state index contributed by atoms with van der Waals surface area (Å²) in [5, 5.41) is 18.7. The molecule has 1 atom stereocenters. The molecule has 0 spiro atoms. The van der Waals surface area contributed by atoms with Gasteiger partial charge in [-0.05, 0) is 56.6 Å². The van der Waals surface area contributed by atoms with Crippen LogP contribution in [-0.4, -0.2) is 43.7 Å². The second kappa shape index (κ2) is 9.12. The number of rotatable bonds is 8. The monoisotopic (exact) mass is 533 g/mol. The Bertz CT molecular complexity index is 1480. The van der Waals surface area contributed by atoms with E-state index >= 15 is 0 Å². The minimum atomic E-state index is -0.255. The van der Waals surface area contributed by atoms with Crippen molar-refractivity contribution in [2.24, 2.45) is 10.8 Å². The summed E-state index contributed by atoms with van der Waals surface area (Å²) in [6, 6.07) is 6.47. The maximum Gasteiger partial charge on any atom is 0.287 e. The van der Waals surface area contributed by atoms with E-state index < -0.39 is 0 Å². The van der Waals surface area contributed by atoms with E-state index in [1.807, 2.05) is 26.0 Å². The Kier molecular flexibility index (Phi) is 5.98. The van der Waals surface area contributed by atoms with E-state index in [2.05, 4.69) is 32.7 Å². The van der Waals surface area contributed by atoms with Crippen molar-refractivity contribution < 1.29 is 4.74 Å². The molecule has 4 heterocycles. The molecule has 1 aliphatic heterocycles. The Labute approximate surface area is 227 Å². The standard InChI is InChI=1S/C28H32ClN7O2/c1-4-8-35-26(37)25(29)22(11-32-35)34-9-6-21(12-34)38-23-10-20(5-7-31-23)24-18(2)33-36(19(24)3)17-28-13-27(14-28,15-28)16-30/h5,7,10-11,21H,4,6,8-9,12-15,17H2,1-3H3/t21-,27?,28?/m1/s1. The maximum absolute atomic E-state index is 12.5. The summed E-state index contributed by atoms with van der Waals surface area (Å²) in [6.07, 6.45) is 7.98. The summed E-state index contributed by atoms with van der Waals surface area (Å²) in [7, 11) is 0. The number of nitrogens with zero attached hydrogens (tertiary/aromatic N) is 7. The van der Waals surface area contributed by atoms with Crippen LogP contribution in [0.3, 0.4) is 0 Å². The fourth-order valence-electron chi connectivity index (χ4n) is 6.76. The zero-order valence-corrected chi connectivity index (χ0v) is 22.8. The zero-order chi connectivity index (χ0) is 26.7. The fourth-order valence-corrected chi connectivity index (χ4v) is 7.03. The number of nitriles is 1. The van der Waals surface area contributed by atoms with Gasteiger partial charge in [0.05, 0.1) is 35.6 Å². The summed E-state index contributed by atoms with van der Waals surface area (Å²) in [5.41, 5.74) is 4.84. The minimum absolute atomic E-state index is 0.0529. The first kappa shape index (κ1) is 24.9. The molecular weight excluding hydrogens is 502 g/mol. The van der Waals surface area contributed by atoms with Crippen LogP contribution in [0.4, 0.5) is 5.69 Å². The van der Waals surface area contributed by atoms with Crippen molar-refractivity contribution in [3.05, 3.63) is 51.3 Å². The van der Waals surface area contributed by atoms with Gasteiger partial charge in [0.15, 0.2) is 0 Å². The predicted octanol–water partition coefficient (Wildman–Crippen LogP) is 4.53. The first-order valence-corrected chi connectivity index (χ1v) is 13.7. The number of anilines is 1. The summed E-state index contributed by atoms with van der Waals surface area (Å²) in [4.78, 5) is 19.1. The van der Waals surface area contributed by atoms with Crippen LogP contribution in [0.25, 0.3) is 11.1 Å². The fraction of sp³-hybridized carbons (Fsp3) is 0.536. The zero-order valence-electron chi connectivity index (χ0n) is 22.1. The van der Waals surface area contributed by atoms with Crippen molar-refractivity contribution in [3.63, 3.8) is 0 Å². The predicted molar refractivity (Wildman–Crippen MR) is 144 cm³/mol. The Morgan fingerprint density at radius 2 is 2.05 bits per heavy atom. The van der Waals surface area contributed by atoms with Crippen LogP contribution >= 0.6 is 11.6 Å². The Hall–Kier alpha value is -3.38. The third kappa shape index (κ3) is 4.06. The molecule has 4 aliphatic rings. The average Bonchev–Trinajstić information content (AvgIpc) is 3.42. The topological polar surface area (TPSA) is 102 Å². The van der Waals surface area contributed by atoms with Crippen LogP contribution in [0.1, 0.15) is 50.4 Å². The van der Waals surface area contributed by atoms with Gasteiger partial charge >= 0.3 is 0 Å². The molecule has 3 aliphatic carbocycles. The lowest BCUT2D eigenvalue weighted by Gasteiger charge is -2.67. The molecule has 2 bridgehead atoms. The number of hydrogen-bond donors (Lipinski definition) is 0. The lowest BCUT2D eigenvalue weighted by atomic mass is 9.36. The molecule has 3 aromatic rings. The van der Waals surface area contributed by atoms with Gasteiger partial charge in [0.1, 0.15) is 11.1 Å². The highest BCUT2D eigenvalue weighted by molar-refractivity contribution is 6.33. The molecule has 1 saturated heterocycles. The molecule has 0 amide bonds. The van der Waals surface area contributed by atoms with Crippen molar-refractivity contribution >= 4 is 17.3 Å². The summed E-state index contributed by atoms with van der Waals surface area (Å²) in [5.74, 6) is 0.568. The lowest BCUT2D eigenvalue weighted by molar-refractivity contribution is -0.174. The molecule has 3 saturated carbocycles. The number of hydrogen-bond acceptors (Lipinski definition) is 7. The van der Waals surface area contributed by atoms with Crippen LogP contribution in [-0.2, 0) is 13.1 Å². The van der Waals surface area contributed by atoms with E-state index in [4.69, 9.17) is 21.4 Å². The summed E-state index contributed by atoms with van der Waals surface area (Å²) >= 11 is 6.42. The quantitative estimate of drug-likeness (QED) is 0.419. The van der Waals surface area contributed by atoms with Crippen LogP contribution in [0.15, 0.2) is 29.3 Å². The van der Waals surface area contributed by atoms with Gasteiger partial charge in [0.25, 0.3) is 5.56 Å². The van der Waals surface area contributed by atoms with Gasteiger partial charge in [0, 0.05) is 49.6 Å². The highest BCUT2D eigenvalue weighted by Crippen LogP contribution is 2.73. The second-order valence-electron chi connectivity index (χ2n) is 11.4. The van der Waals surface area contributed by atoms with Crippen molar-refractivity contribution in [2.45, 2.75) is 72.1 Å². The van der Waals surface area contributed by atoms with Crippen molar-refractivity contribution in [1.82, 2.24) is 24.5 Å². The molecule has 7 rings (SSSR count). The molecule has 38 heavy (non-hydrogen) atoms. The number of pyridine rings is 1. The Balaban J connectivity index is 1.15. The van der Waals surface area contributed by atoms with Crippen LogP contribution in [0.2, 0.25) is 5.02 Å². The third-order valence-electron chi connectivity index (χ3n) is 8.44. The molecule has 0 N–H and O–H groups in total. The minimum Gasteiger partial charge on any atom is -0.472 e. The molecule has 0 aromatic carbocycles. The Morgan fingerprint density at radius 1 is 1.26 bits per heavy atom. The highest BCUT2D eigenvalue weighted by atomic mass is 35.5. The van der Waals surface area contributed by atoms with Crippen LogP contribution < -0.4 is 15.2 Å². The van der Waals surface area contributed by atoms with Gasteiger partial charge in [-0.2, -0.15) is 15.5 Å². The van der Waals surface area contributed by atoms with E-state index in [0.29, 0.717) is 24.7 Å². The van der Waals surface area contributed by atoms with Gasteiger partial charge < -0.3 is 9.64 Å². The molecule has 9 nitrogen and oxygen atoms in total. The van der Waals surface area contributed by atoms with E-state index in [-0.39, 0.29) is 27.5 Å². The smallest absolute Gasteiger partial charge is 0.287 e. The van der Waals surface area contributed by atoms with Gasteiger partial charge in [-0.15, -0.1) is 0 Å². The lowest BCUT2D eigenvalue weighted by Crippen LogP contribution is -2.62. The molecule has 0 radical (unpaired) electrons. The van der Waals surface area contributed by atoms with Gasteiger partial charge in [-0.25, -0.2) is 9.67 Å². The summed E-state index contributed by atoms with van der Waals surface area (Å²) in [6.45, 7) is 8.90. The normalized spacial score (nSPS) is 25.6. The largest absolute Gasteiger partial charge is 0.472 e. The molecular formula is C28H32ClN7O2. The average molecular weight is 534 g/mol. The van der Waals surface area contributed by atoms with Crippen LogP contribution in [0, 0.1) is 36.0 Å². The van der Waals surface area contributed by atoms with Gasteiger partial charge in [0.2, 0.25) is 5.88 Å². The number of halogens is 1. The van der Waals surface area contributed by atoms with E-state index in [0.717, 1.165) is 67.7 Å². The van der Waals surface area contributed by atoms with Crippen LogP contribution in [0.5, 0.6) is 5.88 Å². The van der Waals surface area contributed by atoms with E-state index in [1.165, 1.54) is 4.68 Å². The Morgan fingerprint density at radius 3 is 2.79 bits per heavy atom. The van der Waals surface area contributed by atoms with Gasteiger partial charge in [-0.1, -0.05) is 18.5 Å². The van der Waals surface area contributed by atoms with Crippen molar-refractivity contribution in [1.29, 1.82) is 5.26 Å². The first-order valence-electron chi connectivity index (χ1n) is 13.3. The molecule has 0 unspecified atom stereocenters. The molecule has 3 aromatic heterocycles. The molecule has 4 fully saturated rings. The number of aromatic nitrogens is 5. The number of aryl methyl sites for hydroxylation is 2. The highest BCUT2D eigenvalue weighted by Gasteiger charge is 2.68. The van der Waals surface area contributed by atoms with E-state index in [9.17, 15) is 10.1 Å². The van der Waals surface area contributed by atoms with E-state index in [1.54, 1.807) is 12.4 Å². The van der Waals surface area contributed by atoms with Crippen molar-refractivity contribution in [3.8, 4) is 23.1 Å². The maximum atomic E-state index is 12.5. The molecule has 10 heteroatoms. The molecule has 198 valence electrons.